The number of pyridine rings is 1. The van der Waals surface area contributed by atoms with E-state index in [4.69, 9.17) is 0 Å². The van der Waals surface area contributed by atoms with Crippen molar-refractivity contribution in [3.63, 3.8) is 0 Å². The first-order valence-electron chi connectivity index (χ1n) is 4.39. The molecule has 0 spiro atoms. The van der Waals surface area contributed by atoms with E-state index in [2.05, 4.69) is 10.3 Å². The molecule has 1 aromatic rings. The van der Waals surface area contributed by atoms with E-state index in [0.717, 1.165) is 11.8 Å². The number of nitrogens with one attached hydrogen (secondary N) is 1. The molecule has 2 amide bonds. The van der Waals surface area contributed by atoms with Crippen molar-refractivity contribution >= 4 is 28.7 Å². The Morgan fingerprint density at radius 2 is 2.33 bits per heavy atom. The third kappa shape index (κ3) is 2.27. The Morgan fingerprint density at radius 1 is 1.47 bits per heavy atom. The molecule has 1 aromatic heterocycles. The van der Waals surface area contributed by atoms with Crippen molar-refractivity contribution in [1.82, 2.24) is 9.88 Å². The minimum absolute atomic E-state index is 0.159. The van der Waals surface area contributed by atoms with Crippen molar-refractivity contribution in [3.05, 3.63) is 24.4 Å². The highest BCUT2D eigenvalue weighted by atomic mass is 32.2. The largest absolute Gasteiger partial charge is 0.352 e. The molecule has 0 bridgehead atoms. The standard InChI is InChI=1S/C9H9N3O2S/c13-8-5-15-9(14)12(8)6-11-7-3-1-2-4-10-7/h1-4H,5-6H2,(H,10,11). The second-order valence-electron chi connectivity index (χ2n) is 2.93. The summed E-state index contributed by atoms with van der Waals surface area (Å²) in [4.78, 5) is 27.6. The van der Waals surface area contributed by atoms with E-state index < -0.39 is 0 Å². The minimum atomic E-state index is -0.205. The van der Waals surface area contributed by atoms with Gasteiger partial charge in [0.05, 0.1) is 5.75 Å². The molecule has 5 nitrogen and oxygen atoms in total. The molecular formula is C9H9N3O2S. The molecule has 1 fully saturated rings. The van der Waals surface area contributed by atoms with Gasteiger partial charge in [0.1, 0.15) is 12.5 Å². The van der Waals surface area contributed by atoms with Crippen molar-refractivity contribution in [2.24, 2.45) is 0 Å². The highest BCUT2D eigenvalue weighted by Crippen LogP contribution is 2.18. The van der Waals surface area contributed by atoms with E-state index in [0.29, 0.717) is 5.82 Å². The number of aromatic nitrogens is 1. The molecule has 0 aliphatic carbocycles. The van der Waals surface area contributed by atoms with Crippen LogP contribution in [0.25, 0.3) is 0 Å². The van der Waals surface area contributed by atoms with Gasteiger partial charge in [-0.2, -0.15) is 0 Å². The maximum absolute atomic E-state index is 11.2. The molecular weight excluding hydrogens is 214 g/mol. The second-order valence-corrected chi connectivity index (χ2v) is 3.85. The summed E-state index contributed by atoms with van der Waals surface area (Å²) in [7, 11) is 0. The average molecular weight is 223 g/mol. The predicted molar refractivity (Wildman–Crippen MR) is 57.4 cm³/mol. The Bertz CT molecular complexity index is 366. The van der Waals surface area contributed by atoms with Gasteiger partial charge in [-0.25, -0.2) is 4.98 Å². The summed E-state index contributed by atoms with van der Waals surface area (Å²) in [5.41, 5.74) is 0. The lowest BCUT2D eigenvalue weighted by Gasteiger charge is -2.13. The maximum atomic E-state index is 11.2. The molecule has 6 heteroatoms. The predicted octanol–water partition coefficient (Wildman–Crippen LogP) is 1.15. The van der Waals surface area contributed by atoms with Crippen molar-refractivity contribution in [3.8, 4) is 0 Å². The molecule has 0 aromatic carbocycles. The molecule has 1 aliphatic rings. The van der Waals surface area contributed by atoms with Crippen LogP contribution >= 0.6 is 11.8 Å². The molecule has 1 saturated heterocycles. The van der Waals surface area contributed by atoms with Crippen LogP contribution in [0, 0.1) is 0 Å². The second kappa shape index (κ2) is 4.31. The zero-order valence-electron chi connectivity index (χ0n) is 7.84. The number of carbonyl (C=O) groups excluding carboxylic acids is 2. The number of nitrogens with zero attached hydrogens (tertiary/aromatic N) is 2. The molecule has 0 unspecified atom stereocenters. The summed E-state index contributed by atoms with van der Waals surface area (Å²) in [6.07, 6.45) is 1.64. The lowest BCUT2D eigenvalue weighted by molar-refractivity contribution is -0.124. The zero-order chi connectivity index (χ0) is 10.7. The van der Waals surface area contributed by atoms with E-state index >= 15 is 0 Å². The van der Waals surface area contributed by atoms with Crippen molar-refractivity contribution in [2.75, 3.05) is 17.7 Å². The summed E-state index contributed by atoms with van der Waals surface area (Å²) in [5, 5.41) is 2.70. The van der Waals surface area contributed by atoms with E-state index in [-0.39, 0.29) is 23.6 Å². The number of rotatable bonds is 3. The number of imide groups is 1. The number of amides is 2. The first-order valence-corrected chi connectivity index (χ1v) is 5.38. The fourth-order valence-electron chi connectivity index (χ4n) is 1.16. The summed E-state index contributed by atoms with van der Waals surface area (Å²) in [6, 6.07) is 5.41. The molecule has 78 valence electrons. The molecule has 0 radical (unpaired) electrons. The van der Waals surface area contributed by atoms with Crippen LogP contribution in [0.1, 0.15) is 0 Å². The molecule has 0 atom stereocenters. The van der Waals surface area contributed by atoms with Crippen LogP contribution < -0.4 is 5.32 Å². The van der Waals surface area contributed by atoms with Gasteiger partial charge in [0, 0.05) is 6.20 Å². The van der Waals surface area contributed by atoms with Crippen LogP contribution in [-0.2, 0) is 4.79 Å². The smallest absolute Gasteiger partial charge is 0.290 e. The molecule has 1 aliphatic heterocycles. The number of hydrogen-bond donors (Lipinski definition) is 1. The number of anilines is 1. The van der Waals surface area contributed by atoms with Gasteiger partial charge in [0.15, 0.2) is 0 Å². The summed E-state index contributed by atoms with van der Waals surface area (Å²) in [5.74, 6) is 0.728. The van der Waals surface area contributed by atoms with Gasteiger partial charge in [-0.3, -0.25) is 14.5 Å². The van der Waals surface area contributed by atoms with Crippen molar-refractivity contribution < 1.29 is 9.59 Å². The maximum Gasteiger partial charge on any atom is 0.290 e. The number of hydrogen-bond acceptors (Lipinski definition) is 5. The van der Waals surface area contributed by atoms with Gasteiger partial charge >= 0.3 is 0 Å². The van der Waals surface area contributed by atoms with Crippen LogP contribution in [0.3, 0.4) is 0 Å². The lowest BCUT2D eigenvalue weighted by Crippen LogP contribution is -2.33. The van der Waals surface area contributed by atoms with Gasteiger partial charge in [0.2, 0.25) is 5.91 Å². The Morgan fingerprint density at radius 3 is 2.93 bits per heavy atom. The SMILES string of the molecule is O=C1CSC(=O)N1CNc1ccccn1. The van der Waals surface area contributed by atoms with Gasteiger partial charge < -0.3 is 5.32 Å². The van der Waals surface area contributed by atoms with Gasteiger partial charge in [0.25, 0.3) is 5.24 Å². The molecule has 1 N–H and O–H groups in total. The summed E-state index contributed by atoms with van der Waals surface area (Å²) in [6.45, 7) is 0.182. The topological polar surface area (TPSA) is 62.3 Å². The van der Waals surface area contributed by atoms with Crippen molar-refractivity contribution in [1.29, 1.82) is 0 Å². The van der Waals surface area contributed by atoms with Gasteiger partial charge in [-0.1, -0.05) is 17.8 Å². The minimum Gasteiger partial charge on any atom is -0.352 e. The van der Waals surface area contributed by atoms with Gasteiger partial charge in [-0.05, 0) is 12.1 Å². The van der Waals surface area contributed by atoms with E-state index in [1.165, 1.54) is 4.90 Å². The average Bonchev–Trinajstić information content (AvgIpc) is 2.58. The van der Waals surface area contributed by atoms with Crippen LogP contribution in [0.2, 0.25) is 0 Å². The Kier molecular flexibility index (Phi) is 2.86. The molecule has 2 rings (SSSR count). The van der Waals surface area contributed by atoms with Crippen molar-refractivity contribution in [2.45, 2.75) is 0 Å². The Balaban J connectivity index is 1.93. The summed E-state index contributed by atoms with van der Waals surface area (Å²) < 4.78 is 0. The monoisotopic (exact) mass is 223 g/mol. The van der Waals surface area contributed by atoms with E-state index in [1.807, 2.05) is 6.07 Å². The van der Waals surface area contributed by atoms with E-state index in [9.17, 15) is 9.59 Å². The van der Waals surface area contributed by atoms with E-state index in [1.54, 1.807) is 18.3 Å². The fraction of sp³-hybridized carbons (Fsp3) is 0.222. The number of carbonyl (C=O) groups is 2. The molecule has 0 saturated carbocycles. The van der Waals surface area contributed by atoms with Crippen LogP contribution in [-0.4, -0.2) is 33.5 Å². The highest BCUT2D eigenvalue weighted by molar-refractivity contribution is 8.14. The third-order valence-electron chi connectivity index (χ3n) is 1.92. The number of thioether (sulfide) groups is 1. The van der Waals surface area contributed by atoms with Crippen LogP contribution in [0.5, 0.6) is 0 Å². The van der Waals surface area contributed by atoms with Crippen LogP contribution in [0.15, 0.2) is 24.4 Å². The van der Waals surface area contributed by atoms with Crippen LogP contribution in [0.4, 0.5) is 10.6 Å². The Labute approximate surface area is 90.9 Å². The lowest BCUT2D eigenvalue weighted by atomic mass is 10.5. The first-order chi connectivity index (χ1) is 7.27. The molecule has 2 heterocycles. The first kappa shape index (κ1) is 9.97. The quantitative estimate of drug-likeness (QED) is 0.832. The van der Waals surface area contributed by atoms with Gasteiger partial charge in [-0.15, -0.1) is 0 Å². The normalized spacial score (nSPS) is 15.9. The highest BCUT2D eigenvalue weighted by Gasteiger charge is 2.29. The zero-order valence-corrected chi connectivity index (χ0v) is 8.66. The fourth-order valence-corrected chi connectivity index (χ4v) is 1.89. The Hall–Kier alpha value is -1.56. The summed E-state index contributed by atoms with van der Waals surface area (Å²) >= 11 is 1.03. The third-order valence-corrected chi connectivity index (χ3v) is 2.78. The molecule has 15 heavy (non-hydrogen) atoms.